The zero-order valence-electron chi connectivity index (χ0n) is 15.1. The van der Waals surface area contributed by atoms with Crippen LogP contribution in [0.1, 0.15) is 57.0 Å². The first-order valence-corrected chi connectivity index (χ1v) is 9.05. The Kier molecular flexibility index (Phi) is 5.64. The highest BCUT2D eigenvalue weighted by molar-refractivity contribution is 5.35. The summed E-state index contributed by atoms with van der Waals surface area (Å²) in [6, 6.07) is 2.12. The quantitative estimate of drug-likeness (QED) is 0.750. The molecule has 1 aliphatic rings. The number of fused-ring (bicyclic) bond motifs is 1. The summed E-state index contributed by atoms with van der Waals surface area (Å²) in [5, 5.41) is 3.50. The van der Waals surface area contributed by atoms with Crippen molar-refractivity contribution in [2.75, 3.05) is 13.7 Å². The Morgan fingerprint density at radius 3 is 2.50 bits per heavy atom. The Morgan fingerprint density at radius 2 is 1.88 bits per heavy atom. The first-order valence-electron chi connectivity index (χ1n) is 9.05. The van der Waals surface area contributed by atoms with Gasteiger partial charge in [-0.15, -0.1) is 5.10 Å². The fourth-order valence-electron chi connectivity index (χ4n) is 3.42. The molecule has 0 spiro atoms. The summed E-state index contributed by atoms with van der Waals surface area (Å²) in [5.41, 5.74) is 0.633. The van der Waals surface area contributed by atoms with E-state index in [9.17, 15) is 13.2 Å². The van der Waals surface area contributed by atoms with Gasteiger partial charge in [0.2, 0.25) is 5.88 Å². The van der Waals surface area contributed by atoms with E-state index in [4.69, 9.17) is 4.74 Å². The fraction of sp³-hybridized carbons (Fsp3) is 0.706. The monoisotopic (exact) mass is 371 g/mol. The second-order valence-corrected chi connectivity index (χ2v) is 6.72. The molecule has 2 aromatic rings. The van der Waals surface area contributed by atoms with E-state index in [0.717, 1.165) is 17.4 Å². The number of halogens is 3. The molecule has 0 amide bonds. The van der Waals surface area contributed by atoms with Crippen molar-refractivity contribution in [3.05, 3.63) is 17.6 Å². The van der Waals surface area contributed by atoms with Crippen LogP contribution in [0.4, 0.5) is 13.2 Å². The van der Waals surface area contributed by atoms with Gasteiger partial charge in [0, 0.05) is 18.7 Å². The van der Waals surface area contributed by atoms with Crippen LogP contribution in [0.3, 0.4) is 0 Å². The second kappa shape index (κ2) is 7.77. The van der Waals surface area contributed by atoms with E-state index in [1.165, 1.54) is 25.7 Å². The highest BCUT2D eigenvalue weighted by atomic mass is 19.4. The maximum atomic E-state index is 12.9. The van der Waals surface area contributed by atoms with E-state index < -0.39 is 12.0 Å². The molecule has 0 saturated heterocycles. The number of alkyl halides is 3. The Balaban J connectivity index is 1.87. The van der Waals surface area contributed by atoms with Crippen LogP contribution in [0.2, 0.25) is 0 Å². The average Bonchev–Trinajstić information content (AvgIpc) is 2.83. The van der Waals surface area contributed by atoms with Crippen molar-refractivity contribution < 1.29 is 17.9 Å². The van der Waals surface area contributed by atoms with Crippen LogP contribution < -0.4 is 4.74 Å². The third-order valence-electron chi connectivity index (χ3n) is 4.74. The third-order valence-corrected chi connectivity index (χ3v) is 4.74. The van der Waals surface area contributed by atoms with Crippen molar-refractivity contribution in [3.8, 4) is 5.88 Å². The van der Waals surface area contributed by atoms with Gasteiger partial charge in [0.05, 0.1) is 12.3 Å². The minimum Gasteiger partial charge on any atom is -0.478 e. The van der Waals surface area contributed by atoms with Gasteiger partial charge >= 0.3 is 6.18 Å². The summed E-state index contributed by atoms with van der Waals surface area (Å²) in [6.45, 7) is 2.62. The van der Waals surface area contributed by atoms with Gasteiger partial charge < -0.3 is 4.74 Å². The summed E-state index contributed by atoms with van der Waals surface area (Å²) in [7, 11) is 2.03. The zero-order chi connectivity index (χ0) is 18.7. The molecule has 144 valence electrons. The number of aromatic nitrogens is 4. The van der Waals surface area contributed by atoms with Crippen molar-refractivity contribution in [3.63, 3.8) is 0 Å². The molecule has 6 nitrogen and oxygen atoms in total. The summed E-state index contributed by atoms with van der Waals surface area (Å²) >= 11 is 0. The maximum Gasteiger partial charge on any atom is 0.453 e. The average molecular weight is 371 g/mol. The maximum absolute atomic E-state index is 12.9. The molecule has 1 aliphatic carbocycles. The van der Waals surface area contributed by atoms with Gasteiger partial charge in [0.1, 0.15) is 0 Å². The van der Waals surface area contributed by atoms with Crippen molar-refractivity contribution in [1.82, 2.24) is 24.5 Å². The van der Waals surface area contributed by atoms with E-state index in [2.05, 4.69) is 20.0 Å². The van der Waals surface area contributed by atoms with Gasteiger partial charge in [0.15, 0.2) is 0 Å². The minimum absolute atomic E-state index is 0.0902. The second-order valence-electron chi connectivity index (χ2n) is 6.72. The lowest BCUT2D eigenvalue weighted by Gasteiger charge is -2.26. The molecule has 26 heavy (non-hydrogen) atoms. The van der Waals surface area contributed by atoms with Gasteiger partial charge in [-0.25, -0.2) is 4.98 Å². The van der Waals surface area contributed by atoms with E-state index in [1.54, 1.807) is 13.0 Å². The molecule has 0 aromatic carbocycles. The first-order chi connectivity index (χ1) is 12.4. The predicted octanol–water partition coefficient (Wildman–Crippen LogP) is 3.70. The van der Waals surface area contributed by atoms with Crippen LogP contribution in [0.15, 0.2) is 6.07 Å². The molecule has 1 saturated carbocycles. The molecule has 2 heterocycles. The van der Waals surface area contributed by atoms with E-state index in [0.29, 0.717) is 24.9 Å². The Hall–Kier alpha value is -1.90. The number of ether oxygens (including phenoxy) is 1. The van der Waals surface area contributed by atoms with Gasteiger partial charge in [-0.2, -0.15) is 22.7 Å². The zero-order valence-corrected chi connectivity index (χ0v) is 15.1. The molecule has 0 N–H and O–H groups in total. The topological polar surface area (TPSA) is 55.5 Å². The van der Waals surface area contributed by atoms with Gasteiger partial charge in [0.25, 0.3) is 11.6 Å². The van der Waals surface area contributed by atoms with Crippen LogP contribution in [-0.2, 0) is 12.7 Å². The van der Waals surface area contributed by atoms with Crippen LogP contribution in [0.5, 0.6) is 5.88 Å². The van der Waals surface area contributed by atoms with E-state index in [-0.39, 0.29) is 11.7 Å². The van der Waals surface area contributed by atoms with Crippen molar-refractivity contribution in [1.29, 1.82) is 0 Å². The number of nitrogens with zero attached hydrogens (tertiary/aromatic N) is 5. The van der Waals surface area contributed by atoms with Gasteiger partial charge in [-0.3, -0.25) is 4.90 Å². The number of rotatable bonds is 5. The minimum atomic E-state index is -4.62. The lowest BCUT2D eigenvalue weighted by Crippen LogP contribution is -2.31. The van der Waals surface area contributed by atoms with Crippen molar-refractivity contribution in [2.45, 2.75) is 64.2 Å². The molecular weight excluding hydrogens is 347 g/mol. The standard InChI is InChI=1S/C17H24F3N5O/c1-3-26-14-10-12(11-24(2)13-8-6-4-5-7-9-13)21-16-22-15(17(18,19)20)23-25(14)16/h10,13H,3-9,11H2,1-2H3. The summed E-state index contributed by atoms with van der Waals surface area (Å²) in [6.07, 6.45) is 2.62. The molecule has 2 aromatic heterocycles. The molecule has 1 fully saturated rings. The molecule has 0 atom stereocenters. The van der Waals surface area contributed by atoms with Gasteiger partial charge in [-0.1, -0.05) is 25.7 Å². The number of hydrogen-bond acceptors (Lipinski definition) is 5. The number of hydrogen-bond donors (Lipinski definition) is 0. The van der Waals surface area contributed by atoms with Crippen LogP contribution in [0.25, 0.3) is 5.78 Å². The Bertz CT molecular complexity index is 738. The highest BCUT2D eigenvalue weighted by Crippen LogP contribution is 2.28. The molecule has 0 aliphatic heterocycles. The molecule has 0 unspecified atom stereocenters. The highest BCUT2D eigenvalue weighted by Gasteiger charge is 2.37. The molecule has 0 radical (unpaired) electrons. The SMILES string of the molecule is CCOc1cc(CN(C)C2CCCCCC2)nc2nc(C(F)(F)F)nn12. The van der Waals surface area contributed by atoms with E-state index in [1.807, 2.05) is 7.05 Å². The Labute approximate surface area is 150 Å². The lowest BCUT2D eigenvalue weighted by molar-refractivity contribution is -0.144. The lowest BCUT2D eigenvalue weighted by atomic mass is 10.1. The first kappa shape index (κ1) is 18.9. The van der Waals surface area contributed by atoms with Gasteiger partial charge in [-0.05, 0) is 26.8 Å². The fourth-order valence-corrected chi connectivity index (χ4v) is 3.42. The van der Waals surface area contributed by atoms with E-state index >= 15 is 0 Å². The Morgan fingerprint density at radius 1 is 1.19 bits per heavy atom. The summed E-state index contributed by atoms with van der Waals surface area (Å²) in [5.74, 6) is -1.07. The predicted molar refractivity (Wildman–Crippen MR) is 89.9 cm³/mol. The largest absolute Gasteiger partial charge is 0.478 e. The summed E-state index contributed by atoms with van der Waals surface area (Å²) < 4.78 is 45.2. The third kappa shape index (κ3) is 4.25. The molecule has 9 heteroatoms. The molecular formula is C17H24F3N5O. The molecule has 3 rings (SSSR count). The molecule has 0 bridgehead atoms. The summed E-state index contributed by atoms with van der Waals surface area (Å²) in [4.78, 5) is 10.0. The van der Waals surface area contributed by atoms with Crippen LogP contribution in [-0.4, -0.2) is 44.2 Å². The smallest absolute Gasteiger partial charge is 0.453 e. The van der Waals surface area contributed by atoms with Crippen LogP contribution >= 0.6 is 0 Å². The normalized spacial score (nSPS) is 17.0. The van der Waals surface area contributed by atoms with Crippen LogP contribution in [0, 0.1) is 0 Å². The van der Waals surface area contributed by atoms with Crippen molar-refractivity contribution in [2.24, 2.45) is 0 Å². The van der Waals surface area contributed by atoms with Crippen molar-refractivity contribution >= 4 is 5.78 Å².